The Morgan fingerprint density at radius 3 is 2.69 bits per heavy atom. The van der Waals surface area contributed by atoms with Crippen molar-refractivity contribution in [2.24, 2.45) is 0 Å². The lowest BCUT2D eigenvalue weighted by molar-refractivity contribution is 0.101. The van der Waals surface area contributed by atoms with Gasteiger partial charge in [-0.15, -0.1) is 11.3 Å². The second-order valence-electron chi connectivity index (χ2n) is 5.85. The number of Topliss-reactive ketones (excluding diaryl/α,β-unsaturated/α-hetero) is 1. The van der Waals surface area contributed by atoms with E-state index in [0.29, 0.717) is 29.4 Å². The van der Waals surface area contributed by atoms with E-state index in [9.17, 15) is 4.79 Å². The minimum atomic E-state index is -0.0973. The van der Waals surface area contributed by atoms with Crippen LogP contribution >= 0.6 is 11.3 Å². The standard InChI is InChI=1S/C22H16O3S/c1-2-15-5-7-16(8-6-15)14-24-17-9-10-19-20(12-17)25-21(22(19)23)13-18-4-3-11-26-18/h2-13H,1,14H2/b21-13-. The highest BCUT2D eigenvalue weighted by Crippen LogP contribution is 2.35. The van der Waals surface area contributed by atoms with Gasteiger partial charge in [-0.05, 0) is 34.7 Å². The number of rotatable bonds is 5. The minimum absolute atomic E-state index is 0.0973. The predicted octanol–water partition coefficient (Wildman–Crippen LogP) is 5.59. The van der Waals surface area contributed by atoms with Gasteiger partial charge in [-0.2, -0.15) is 0 Å². The summed E-state index contributed by atoms with van der Waals surface area (Å²) in [6, 6.07) is 17.2. The summed E-state index contributed by atoms with van der Waals surface area (Å²) < 4.78 is 11.6. The lowest BCUT2D eigenvalue weighted by Gasteiger charge is -2.07. The summed E-state index contributed by atoms with van der Waals surface area (Å²) in [7, 11) is 0. The SMILES string of the molecule is C=Cc1ccc(COc2ccc3c(c2)O/C(=C\c2cccs2)C3=O)cc1. The van der Waals surface area contributed by atoms with E-state index in [2.05, 4.69) is 6.58 Å². The lowest BCUT2D eigenvalue weighted by Crippen LogP contribution is -1.97. The van der Waals surface area contributed by atoms with Crippen LogP contribution in [0.4, 0.5) is 0 Å². The molecule has 4 rings (SSSR count). The highest BCUT2D eigenvalue weighted by atomic mass is 32.1. The number of ether oxygens (including phenoxy) is 2. The van der Waals surface area contributed by atoms with E-state index in [4.69, 9.17) is 9.47 Å². The maximum Gasteiger partial charge on any atom is 0.232 e. The van der Waals surface area contributed by atoms with Crippen LogP contribution in [0.1, 0.15) is 26.4 Å². The molecule has 0 N–H and O–H groups in total. The van der Waals surface area contributed by atoms with Gasteiger partial charge in [0, 0.05) is 17.0 Å². The third-order valence-electron chi connectivity index (χ3n) is 4.08. The summed E-state index contributed by atoms with van der Waals surface area (Å²) in [4.78, 5) is 13.4. The number of hydrogen-bond donors (Lipinski definition) is 0. The van der Waals surface area contributed by atoms with E-state index in [1.807, 2.05) is 41.8 Å². The van der Waals surface area contributed by atoms with Gasteiger partial charge in [-0.3, -0.25) is 4.79 Å². The molecule has 1 aliphatic rings. The molecule has 0 fully saturated rings. The Bertz CT molecular complexity index is 983. The molecule has 0 atom stereocenters. The number of thiophene rings is 1. The molecular weight excluding hydrogens is 344 g/mol. The van der Waals surface area contributed by atoms with Crippen molar-refractivity contribution in [1.29, 1.82) is 0 Å². The molecule has 1 aliphatic heterocycles. The van der Waals surface area contributed by atoms with E-state index in [1.165, 1.54) is 0 Å². The molecule has 4 heteroatoms. The number of hydrogen-bond acceptors (Lipinski definition) is 4. The van der Waals surface area contributed by atoms with Gasteiger partial charge in [0.15, 0.2) is 5.76 Å². The summed E-state index contributed by atoms with van der Waals surface area (Å²) in [5.41, 5.74) is 2.70. The van der Waals surface area contributed by atoms with Gasteiger partial charge in [0.2, 0.25) is 5.78 Å². The van der Waals surface area contributed by atoms with Crippen molar-refractivity contribution in [3.8, 4) is 11.5 Å². The third-order valence-corrected chi connectivity index (χ3v) is 4.90. The summed E-state index contributed by atoms with van der Waals surface area (Å²) in [6.45, 7) is 4.19. The average molecular weight is 360 g/mol. The van der Waals surface area contributed by atoms with Crippen LogP contribution < -0.4 is 9.47 Å². The van der Waals surface area contributed by atoms with Gasteiger partial charge in [0.1, 0.15) is 18.1 Å². The highest BCUT2D eigenvalue weighted by molar-refractivity contribution is 7.10. The molecular formula is C22H16O3S. The Labute approximate surface area is 155 Å². The van der Waals surface area contributed by atoms with Crippen LogP contribution in [0.25, 0.3) is 12.2 Å². The zero-order chi connectivity index (χ0) is 17.9. The van der Waals surface area contributed by atoms with Gasteiger partial charge in [-0.1, -0.05) is 43.0 Å². The van der Waals surface area contributed by atoms with Crippen LogP contribution in [0.3, 0.4) is 0 Å². The molecule has 0 saturated carbocycles. The van der Waals surface area contributed by atoms with E-state index in [-0.39, 0.29) is 5.78 Å². The van der Waals surface area contributed by atoms with E-state index in [1.54, 1.807) is 41.7 Å². The van der Waals surface area contributed by atoms with Crippen molar-refractivity contribution >= 4 is 29.3 Å². The van der Waals surface area contributed by atoms with Crippen molar-refractivity contribution in [2.75, 3.05) is 0 Å². The molecule has 0 spiro atoms. The summed E-state index contributed by atoms with van der Waals surface area (Å²) in [5, 5.41) is 1.96. The summed E-state index contributed by atoms with van der Waals surface area (Å²) >= 11 is 1.56. The van der Waals surface area contributed by atoms with Crippen LogP contribution in [0.5, 0.6) is 11.5 Å². The molecule has 0 radical (unpaired) electrons. The average Bonchev–Trinajstić information content (AvgIpc) is 3.29. The number of allylic oxidation sites excluding steroid dienone is 1. The fraction of sp³-hybridized carbons (Fsp3) is 0.0455. The molecule has 0 bridgehead atoms. The number of fused-ring (bicyclic) bond motifs is 1. The van der Waals surface area contributed by atoms with Crippen LogP contribution in [0, 0.1) is 0 Å². The number of benzene rings is 2. The van der Waals surface area contributed by atoms with Crippen molar-refractivity contribution in [2.45, 2.75) is 6.61 Å². The molecule has 0 aliphatic carbocycles. The van der Waals surface area contributed by atoms with Crippen LogP contribution in [-0.2, 0) is 6.61 Å². The zero-order valence-electron chi connectivity index (χ0n) is 14.0. The smallest absolute Gasteiger partial charge is 0.232 e. The first-order valence-electron chi connectivity index (χ1n) is 8.19. The van der Waals surface area contributed by atoms with Crippen LogP contribution in [0.15, 0.2) is 72.3 Å². The van der Waals surface area contributed by atoms with E-state index < -0.39 is 0 Å². The highest BCUT2D eigenvalue weighted by Gasteiger charge is 2.27. The second kappa shape index (κ2) is 7.02. The molecule has 2 aromatic carbocycles. The fourth-order valence-corrected chi connectivity index (χ4v) is 3.32. The first-order valence-corrected chi connectivity index (χ1v) is 9.07. The molecule has 0 unspecified atom stereocenters. The van der Waals surface area contributed by atoms with Crippen molar-refractivity contribution in [1.82, 2.24) is 0 Å². The third kappa shape index (κ3) is 3.32. The molecule has 26 heavy (non-hydrogen) atoms. The maximum atomic E-state index is 12.4. The van der Waals surface area contributed by atoms with Gasteiger partial charge < -0.3 is 9.47 Å². The Morgan fingerprint density at radius 1 is 1.12 bits per heavy atom. The Hall–Kier alpha value is -3.11. The molecule has 0 amide bonds. The normalized spacial score (nSPS) is 14.2. The van der Waals surface area contributed by atoms with E-state index in [0.717, 1.165) is 16.0 Å². The second-order valence-corrected chi connectivity index (χ2v) is 6.83. The molecule has 3 nitrogen and oxygen atoms in total. The molecule has 0 saturated heterocycles. The molecule has 1 aromatic heterocycles. The van der Waals surface area contributed by atoms with Crippen LogP contribution in [-0.4, -0.2) is 5.78 Å². The number of carbonyl (C=O) groups is 1. The molecule has 128 valence electrons. The zero-order valence-corrected chi connectivity index (χ0v) is 14.8. The Balaban J connectivity index is 1.48. The number of ketones is 1. The Kier molecular flexibility index (Phi) is 4.42. The molecule has 2 heterocycles. The van der Waals surface area contributed by atoms with Crippen molar-refractivity contribution < 1.29 is 14.3 Å². The van der Waals surface area contributed by atoms with Crippen molar-refractivity contribution in [3.05, 3.63) is 93.9 Å². The molecule has 3 aromatic rings. The first kappa shape index (κ1) is 16.4. The van der Waals surface area contributed by atoms with Gasteiger partial charge in [0.05, 0.1) is 5.56 Å². The quantitative estimate of drug-likeness (QED) is 0.557. The topological polar surface area (TPSA) is 35.5 Å². The lowest BCUT2D eigenvalue weighted by atomic mass is 10.1. The van der Waals surface area contributed by atoms with E-state index >= 15 is 0 Å². The van der Waals surface area contributed by atoms with Crippen LogP contribution in [0.2, 0.25) is 0 Å². The van der Waals surface area contributed by atoms with Gasteiger partial charge in [0.25, 0.3) is 0 Å². The first-order chi connectivity index (χ1) is 12.7. The monoisotopic (exact) mass is 360 g/mol. The summed E-state index contributed by atoms with van der Waals surface area (Å²) in [5.74, 6) is 1.46. The Morgan fingerprint density at radius 2 is 1.96 bits per heavy atom. The maximum absolute atomic E-state index is 12.4. The van der Waals surface area contributed by atoms with Gasteiger partial charge >= 0.3 is 0 Å². The van der Waals surface area contributed by atoms with Gasteiger partial charge in [-0.25, -0.2) is 0 Å². The fourth-order valence-electron chi connectivity index (χ4n) is 2.68. The minimum Gasteiger partial charge on any atom is -0.489 e. The number of carbonyl (C=O) groups excluding carboxylic acids is 1. The van der Waals surface area contributed by atoms with Crippen molar-refractivity contribution in [3.63, 3.8) is 0 Å². The largest absolute Gasteiger partial charge is 0.489 e. The summed E-state index contributed by atoms with van der Waals surface area (Å²) in [6.07, 6.45) is 3.58. The predicted molar refractivity (Wildman–Crippen MR) is 105 cm³/mol.